The van der Waals surface area contributed by atoms with Gasteiger partial charge in [0.05, 0.1) is 11.6 Å². The summed E-state index contributed by atoms with van der Waals surface area (Å²) in [6, 6.07) is 16.1. The highest BCUT2D eigenvalue weighted by Gasteiger charge is 2.43. The summed E-state index contributed by atoms with van der Waals surface area (Å²) < 4.78 is 10.9. The van der Waals surface area contributed by atoms with Crippen molar-refractivity contribution in [2.24, 2.45) is 5.92 Å². The topological polar surface area (TPSA) is 76.1 Å². The van der Waals surface area contributed by atoms with Gasteiger partial charge in [-0.05, 0) is 36.6 Å². The molecule has 2 aromatic carbocycles. The van der Waals surface area contributed by atoms with Gasteiger partial charge in [0.15, 0.2) is 11.5 Å². The molecule has 6 nitrogen and oxygen atoms in total. The molecule has 2 unspecified atom stereocenters. The molecule has 0 saturated carbocycles. The molecule has 2 heterocycles. The SMILES string of the molecule is CC(=O)C1=C(O)C(=O)N(CC(Cc2ccccc2)C2=COCO2)C1c1ccc(Cl)cc1. The molecule has 0 bridgehead atoms. The second kappa shape index (κ2) is 8.86. The number of carbonyl (C=O) groups excluding carboxylic acids is 2. The van der Waals surface area contributed by atoms with E-state index in [-0.39, 0.29) is 30.6 Å². The third kappa shape index (κ3) is 4.30. The maximum absolute atomic E-state index is 13.0. The summed E-state index contributed by atoms with van der Waals surface area (Å²) in [6.45, 7) is 1.71. The van der Waals surface area contributed by atoms with Gasteiger partial charge in [0.25, 0.3) is 5.91 Å². The van der Waals surface area contributed by atoms with Gasteiger partial charge < -0.3 is 19.5 Å². The molecule has 1 N–H and O–H groups in total. The van der Waals surface area contributed by atoms with Crippen molar-refractivity contribution in [3.05, 3.63) is 94.1 Å². The minimum absolute atomic E-state index is 0.0864. The Labute approximate surface area is 185 Å². The summed E-state index contributed by atoms with van der Waals surface area (Å²) in [5.74, 6) is -1.04. The molecule has 2 atom stereocenters. The fourth-order valence-corrected chi connectivity index (χ4v) is 4.18. The zero-order valence-electron chi connectivity index (χ0n) is 17.0. The summed E-state index contributed by atoms with van der Waals surface area (Å²) in [4.78, 5) is 26.9. The molecule has 160 valence electrons. The molecule has 1 amide bonds. The first-order chi connectivity index (χ1) is 15.0. The number of amides is 1. The molecule has 0 aliphatic carbocycles. The number of benzene rings is 2. The predicted molar refractivity (Wildman–Crippen MR) is 115 cm³/mol. The monoisotopic (exact) mass is 439 g/mol. The molecular formula is C24H22ClNO5. The van der Waals surface area contributed by atoms with Gasteiger partial charge in [-0.3, -0.25) is 9.59 Å². The van der Waals surface area contributed by atoms with Crippen molar-refractivity contribution >= 4 is 23.3 Å². The fraction of sp³-hybridized carbons (Fsp3) is 0.250. The summed E-state index contributed by atoms with van der Waals surface area (Å²) in [7, 11) is 0. The Hall–Kier alpha value is -3.25. The summed E-state index contributed by atoms with van der Waals surface area (Å²) >= 11 is 6.02. The molecule has 0 aromatic heterocycles. The van der Waals surface area contributed by atoms with Crippen LogP contribution in [0.3, 0.4) is 0 Å². The van der Waals surface area contributed by atoms with E-state index in [1.807, 2.05) is 30.3 Å². The lowest BCUT2D eigenvalue weighted by atomic mass is 9.93. The minimum Gasteiger partial charge on any atom is -0.503 e. The van der Waals surface area contributed by atoms with Crippen LogP contribution in [0.25, 0.3) is 0 Å². The van der Waals surface area contributed by atoms with Crippen LogP contribution in [0.2, 0.25) is 5.02 Å². The van der Waals surface area contributed by atoms with Crippen LogP contribution in [0, 0.1) is 5.92 Å². The molecular weight excluding hydrogens is 418 g/mol. The molecule has 0 saturated heterocycles. The van der Waals surface area contributed by atoms with Gasteiger partial charge in [0, 0.05) is 17.5 Å². The Balaban J connectivity index is 1.69. The number of hydrogen-bond acceptors (Lipinski definition) is 5. The van der Waals surface area contributed by atoms with Crippen molar-refractivity contribution in [3.8, 4) is 0 Å². The first-order valence-electron chi connectivity index (χ1n) is 9.94. The third-order valence-electron chi connectivity index (χ3n) is 5.51. The predicted octanol–water partition coefficient (Wildman–Crippen LogP) is 4.33. The quantitative estimate of drug-likeness (QED) is 0.695. The lowest BCUT2D eigenvalue weighted by Crippen LogP contribution is -2.36. The lowest BCUT2D eigenvalue weighted by molar-refractivity contribution is -0.130. The number of ether oxygens (including phenoxy) is 2. The number of rotatable bonds is 7. The van der Waals surface area contributed by atoms with E-state index < -0.39 is 17.7 Å². The molecule has 2 aromatic rings. The van der Waals surface area contributed by atoms with Crippen molar-refractivity contribution in [1.82, 2.24) is 4.90 Å². The van der Waals surface area contributed by atoms with Crippen LogP contribution in [0.4, 0.5) is 0 Å². The van der Waals surface area contributed by atoms with E-state index in [0.717, 1.165) is 5.56 Å². The molecule has 0 spiro atoms. The Morgan fingerprint density at radius 3 is 2.52 bits per heavy atom. The standard InChI is InChI=1S/C24H22ClNO5/c1-15(27)21-22(17-7-9-19(25)10-8-17)26(24(29)23(21)28)12-18(20-13-30-14-31-20)11-16-5-3-2-4-6-16/h2-10,13,18,22,28H,11-12,14H2,1H3. The number of nitrogens with zero attached hydrogens (tertiary/aromatic N) is 1. The van der Waals surface area contributed by atoms with Crippen LogP contribution in [-0.4, -0.2) is 35.0 Å². The van der Waals surface area contributed by atoms with E-state index in [0.29, 0.717) is 22.8 Å². The van der Waals surface area contributed by atoms with E-state index in [1.165, 1.54) is 11.8 Å². The maximum atomic E-state index is 13.0. The Bertz CT molecular complexity index is 1050. The Morgan fingerprint density at radius 2 is 1.90 bits per heavy atom. The van der Waals surface area contributed by atoms with E-state index in [4.69, 9.17) is 21.1 Å². The first-order valence-corrected chi connectivity index (χ1v) is 10.3. The highest BCUT2D eigenvalue weighted by molar-refractivity contribution is 6.30. The number of aliphatic hydroxyl groups is 1. The molecule has 7 heteroatoms. The maximum Gasteiger partial charge on any atom is 0.290 e. The molecule has 4 rings (SSSR count). The highest BCUT2D eigenvalue weighted by Crippen LogP contribution is 2.39. The van der Waals surface area contributed by atoms with Gasteiger partial charge in [-0.2, -0.15) is 0 Å². The number of aliphatic hydroxyl groups excluding tert-OH is 1. The largest absolute Gasteiger partial charge is 0.503 e. The van der Waals surface area contributed by atoms with Crippen LogP contribution in [0.1, 0.15) is 24.1 Å². The number of hydrogen-bond donors (Lipinski definition) is 1. The fourth-order valence-electron chi connectivity index (χ4n) is 4.05. The van der Waals surface area contributed by atoms with Crippen LogP contribution in [-0.2, 0) is 25.5 Å². The van der Waals surface area contributed by atoms with Crippen molar-refractivity contribution < 1.29 is 24.2 Å². The molecule has 31 heavy (non-hydrogen) atoms. The van der Waals surface area contributed by atoms with Crippen LogP contribution in [0.15, 0.2) is 78.0 Å². The molecule has 0 fully saturated rings. The van der Waals surface area contributed by atoms with E-state index >= 15 is 0 Å². The Morgan fingerprint density at radius 1 is 1.19 bits per heavy atom. The van der Waals surface area contributed by atoms with Crippen LogP contribution in [0.5, 0.6) is 0 Å². The number of ketones is 1. The van der Waals surface area contributed by atoms with Gasteiger partial charge in [-0.25, -0.2) is 0 Å². The van der Waals surface area contributed by atoms with Gasteiger partial charge in [-0.1, -0.05) is 54.1 Å². The van der Waals surface area contributed by atoms with Crippen molar-refractivity contribution in [1.29, 1.82) is 0 Å². The average Bonchev–Trinajstić information content (AvgIpc) is 3.38. The van der Waals surface area contributed by atoms with E-state index in [1.54, 1.807) is 30.5 Å². The van der Waals surface area contributed by atoms with Crippen LogP contribution < -0.4 is 0 Å². The second-order valence-electron chi connectivity index (χ2n) is 7.57. The van der Waals surface area contributed by atoms with Gasteiger partial charge >= 0.3 is 0 Å². The van der Waals surface area contributed by atoms with E-state index in [2.05, 4.69) is 0 Å². The third-order valence-corrected chi connectivity index (χ3v) is 5.76. The van der Waals surface area contributed by atoms with Crippen molar-refractivity contribution in [2.75, 3.05) is 13.3 Å². The number of halogens is 1. The van der Waals surface area contributed by atoms with Gasteiger partial charge in [0.2, 0.25) is 6.79 Å². The summed E-state index contributed by atoms with van der Waals surface area (Å²) in [6.07, 6.45) is 2.16. The first kappa shape index (κ1) is 21.0. The molecule has 2 aliphatic rings. The van der Waals surface area contributed by atoms with Crippen molar-refractivity contribution in [2.45, 2.75) is 19.4 Å². The second-order valence-corrected chi connectivity index (χ2v) is 8.00. The van der Waals surface area contributed by atoms with Gasteiger partial charge in [-0.15, -0.1) is 0 Å². The van der Waals surface area contributed by atoms with Crippen LogP contribution >= 0.6 is 11.6 Å². The zero-order chi connectivity index (χ0) is 22.0. The molecule has 0 radical (unpaired) electrons. The number of carbonyl (C=O) groups is 2. The number of Topliss-reactive ketones (excluding diaryl/α,β-unsaturated/α-hetero) is 1. The normalized spacial score (nSPS) is 19.2. The van der Waals surface area contributed by atoms with E-state index in [9.17, 15) is 14.7 Å². The summed E-state index contributed by atoms with van der Waals surface area (Å²) in [5, 5.41) is 11.1. The lowest BCUT2D eigenvalue weighted by Gasteiger charge is -2.30. The van der Waals surface area contributed by atoms with Crippen molar-refractivity contribution in [3.63, 3.8) is 0 Å². The summed E-state index contributed by atoms with van der Waals surface area (Å²) in [5.41, 5.74) is 1.86. The highest BCUT2D eigenvalue weighted by atomic mass is 35.5. The molecule has 2 aliphatic heterocycles. The van der Waals surface area contributed by atoms with Gasteiger partial charge in [0.1, 0.15) is 12.0 Å². The smallest absolute Gasteiger partial charge is 0.290 e. The Kier molecular flexibility index (Phi) is 6.00. The zero-order valence-corrected chi connectivity index (χ0v) is 17.7. The minimum atomic E-state index is -0.705. The average molecular weight is 440 g/mol.